The van der Waals surface area contributed by atoms with Crippen LogP contribution in [0.4, 0.5) is 4.39 Å². The Morgan fingerprint density at radius 3 is 2.93 bits per heavy atom. The normalized spacial score (nSPS) is 21.5. The maximum Gasteiger partial charge on any atom is 0.142 e. The van der Waals surface area contributed by atoms with E-state index in [1.807, 2.05) is 0 Å². The molecule has 1 aliphatic rings. The highest BCUT2D eigenvalue weighted by molar-refractivity contribution is 9.10. The summed E-state index contributed by atoms with van der Waals surface area (Å²) >= 11 is 9.33. The first-order valence-corrected chi connectivity index (χ1v) is 5.74. The summed E-state index contributed by atoms with van der Waals surface area (Å²) in [5.41, 5.74) is 0.851. The minimum atomic E-state index is -0.349. The molecule has 1 aromatic carbocycles. The van der Waals surface area contributed by atoms with Crippen molar-refractivity contribution in [2.45, 2.75) is 18.9 Å². The first-order chi connectivity index (χ1) is 6.70. The lowest BCUT2D eigenvalue weighted by atomic mass is 10.1. The molecule has 0 unspecified atom stereocenters. The molecule has 1 N–H and O–H groups in total. The fraction of sp³-hybridized carbons (Fsp3) is 0.400. The monoisotopic (exact) mass is 277 g/mol. The Morgan fingerprint density at radius 2 is 2.29 bits per heavy atom. The summed E-state index contributed by atoms with van der Waals surface area (Å²) in [4.78, 5) is 0. The first-order valence-electron chi connectivity index (χ1n) is 4.57. The molecular formula is C10H10BrClFN. The van der Waals surface area contributed by atoms with E-state index in [-0.39, 0.29) is 16.9 Å². The highest BCUT2D eigenvalue weighted by Gasteiger charge is 2.22. The van der Waals surface area contributed by atoms with Gasteiger partial charge in [-0.3, -0.25) is 0 Å². The zero-order valence-corrected chi connectivity index (χ0v) is 9.83. The van der Waals surface area contributed by atoms with Crippen molar-refractivity contribution in [2.75, 3.05) is 6.54 Å². The predicted molar refractivity (Wildman–Crippen MR) is 59.1 cm³/mol. The number of rotatable bonds is 1. The van der Waals surface area contributed by atoms with Gasteiger partial charge in [0.2, 0.25) is 0 Å². The molecule has 0 aliphatic carbocycles. The molecule has 1 saturated heterocycles. The van der Waals surface area contributed by atoms with E-state index in [2.05, 4.69) is 21.2 Å². The largest absolute Gasteiger partial charge is 0.310 e. The molecule has 0 spiro atoms. The van der Waals surface area contributed by atoms with Gasteiger partial charge in [0.05, 0.1) is 5.02 Å². The Bertz CT molecular complexity index is 350. The molecule has 0 bridgehead atoms. The number of benzene rings is 1. The molecule has 0 radical (unpaired) electrons. The van der Waals surface area contributed by atoms with E-state index >= 15 is 0 Å². The Kier molecular flexibility index (Phi) is 3.10. The number of nitrogens with one attached hydrogen (secondary N) is 1. The minimum Gasteiger partial charge on any atom is -0.310 e. The third kappa shape index (κ3) is 1.81. The maximum atomic E-state index is 13.2. The van der Waals surface area contributed by atoms with Crippen LogP contribution < -0.4 is 5.32 Å². The van der Waals surface area contributed by atoms with Crippen molar-refractivity contribution in [3.8, 4) is 0 Å². The first kappa shape index (κ1) is 10.4. The molecule has 1 aliphatic heterocycles. The molecule has 1 heterocycles. The molecule has 1 atom stereocenters. The quantitative estimate of drug-likeness (QED) is 0.773. The summed E-state index contributed by atoms with van der Waals surface area (Å²) in [6.45, 7) is 0.976. The minimum absolute atomic E-state index is 0.188. The second-order valence-electron chi connectivity index (χ2n) is 3.41. The topological polar surface area (TPSA) is 12.0 Å². The molecule has 1 aromatic rings. The van der Waals surface area contributed by atoms with Crippen molar-refractivity contribution < 1.29 is 4.39 Å². The van der Waals surface area contributed by atoms with Crippen LogP contribution in [0.2, 0.25) is 5.02 Å². The molecule has 0 saturated carbocycles. The van der Waals surface area contributed by atoms with Crippen molar-refractivity contribution in [2.24, 2.45) is 0 Å². The molecule has 14 heavy (non-hydrogen) atoms. The fourth-order valence-electron chi connectivity index (χ4n) is 1.79. The lowest BCUT2D eigenvalue weighted by molar-refractivity contribution is 0.605. The predicted octanol–water partition coefficient (Wildman–Crippen LogP) is 3.67. The Balaban J connectivity index is 2.44. The van der Waals surface area contributed by atoms with Gasteiger partial charge in [-0.25, -0.2) is 4.39 Å². The van der Waals surface area contributed by atoms with Gasteiger partial charge in [0.25, 0.3) is 0 Å². The number of hydrogen-bond donors (Lipinski definition) is 1. The van der Waals surface area contributed by atoms with Gasteiger partial charge in [-0.15, -0.1) is 0 Å². The molecule has 1 nitrogen and oxygen atoms in total. The van der Waals surface area contributed by atoms with Gasteiger partial charge in [0, 0.05) is 16.1 Å². The maximum absolute atomic E-state index is 13.2. The molecule has 2 rings (SSSR count). The van der Waals surface area contributed by atoms with Gasteiger partial charge in [-0.2, -0.15) is 0 Å². The third-order valence-electron chi connectivity index (χ3n) is 2.49. The van der Waals surface area contributed by atoms with Crippen LogP contribution in [-0.4, -0.2) is 6.54 Å². The van der Waals surface area contributed by atoms with Crippen LogP contribution in [-0.2, 0) is 0 Å². The van der Waals surface area contributed by atoms with Crippen LogP contribution in [0.25, 0.3) is 0 Å². The van der Waals surface area contributed by atoms with E-state index < -0.39 is 0 Å². The summed E-state index contributed by atoms with van der Waals surface area (Å²) in [7, 11) is 0. The average Bonchev–Trinajstić information content (AvgIpc) is 2.65. The summed E-state index contributed by atoms with van der Waals surface area (Å²) in [6.07, 6.45) is 2.13. The summed E-state index contributed by atoms with van der Waals surface area (Å²) in [6, 6.07) is 3.27. The van der Waals surface area contributed by atoms with Gasteiger partial charge < -0.3 is 5.32 Å². The van der Waals surface area contributed by atoms with E-state index in [4.69, 9.17) is 11.6 Å². The van der Waals surface area contributed by atoms with Gasteiger partial charge >= 0.3 is 0 Å². The van der Waals surface area contributed by atoms with Crippen LogP contribution in [0, 0.1) is 5.82 Å². The molecule has 0 amide bonds. The second-order valence-corrected chi connectivity index (χ2v) is 4.64. The summed E-state index contributed by atoms with van der Waals surface area (Å²) < 4.78 is 14.1. The Morgan fingerprint density at radius 1 is 1.50 bits per heavy atom. The highest BCUT2D eigenvalue weighted by Crippen LogP contribution is 2.36. The van der Waals surface area contributed by atoms with Crippen molar-refractivity contribution in [1.82, 2.24) is 5.32 Å². The van der Waals surface area contributed by atoms with E-state index in [1.165, 1.54) is 6.07 Å². The zero-order chi connectivity index (χ0) is 10.1. The second kappa shape index (κ2) is 4.17. The lowest BCUT2D eigenvalue weighted by Crippen LogP contribution is -2.14. The molecule has 0 aromatic heterocycles. The third-order valence-corrected chi connectivity index (χ3v) is 3.56. The van der Waals surface area contributed by atoms with E-state index in [9.17, 15) is 4.39 Å². The van der Waals surface area contributed by atoms with Crippen molar-refractivity contribution in [3.63, 3.8) is 0 Å². The van der Waals surface area contributed by atoms with Crippen molar-refractivity contribution in [3.05, 3.63) is 33.0 Å². The van der Waals surface area contributed by atoms with Crippen molar-refractivity contribution in [1.29, 1.82) is 0 Å². The number of halogens is 3. The standard InChI is InChI=1S/C10H10BrClFN/c11-6-3-4-7(13)10(12)9(6)8-2-1-5-14-8/h3-4,8,14H,1-2,5H2/t8-/m1/s1. The van der Waals surface area contributed by atoms with E-state index in [1.54, 1.807) is 6.07 Å². The fourth-order valence-corrected chi connectivity index (χ4v) is 2.81. The molecule has 76 valence electrons. The van der Waals surface area contributed by atoms with Crippen LogP contribution in [0.15, 0.2) is 16.6 Å². The van der Waals surface area contributed by atoms with Gasteiger partial charge in [-0.05, 0) is 31.5 Å². The van der Waals surface area contributed by atoms with Gasteiger partial charge in [-0.1, -0.05) is 27.5 Å². The zero-order valence-electron chi connectivity index (χ0n) is 7.49. The van der Waals surface area contributed by atoms with Gasteiger partial charge in [0.15, 0.2) is 0 Å². The van der Waals surface area contributed by atoms with Crippen LogP contribution in [0.1, 0.15) is 24.4 Å². The molecule has 4 heteroatoms. The highest BCUT2D eigenvalue weighted by atomic mass is 79.9. The molecular weight excluding hydrogens is 268 g/mol. The SMILES string of the molecule is Fc1ccc(Br)c([C@H]2CCCN2)c1Cl. The van der Waals surface area contributed by atoms with Gasteiger partial charge in [0.1, 0.15) is 5.82 Å². The van der Waals surface area contributed by atoms with Crippen LogP contribution >= 0.6 is 27.5 Å². The van der Waals surface area contributed by atoms with Crippen LogP contribution in [0.3, 0.4) is 0 Å². The Hall–Kier alpha value is -0.120. The molecule has 1 fully saturated rings. The van der Waals surface area contributed by atoms with Crippen molar-refractivity contribution >= 4 is 27.5 Å². The Labute approximate surface area is 95.8 Å². The van der Waals surface area contributed by atoms with Crippen LogP contribution in [0.5, 0.6) is 0 Å². The smallest absolute Gasteiger partial charge is 0.142 e. The number of hydrogen-bond acceptors (Lipinski definition) is 1. The van der Waals surface area contributed by atoms with E-state index in [0.717, 1.165) is 29.4 Å². The average molecular weight is 279 g/mol. The summed E-state index contributed by atoms with van der Waals surface area (Å²) in [5, 5.41) is 3.54. The summed E-state index contributed by atoms with van der Waals surface area (Å²) in [5.74, 6) is -0.349. The van der Waals surface area contributed by atoms with E-state index in [0.29, 0.717) is 0 Å². The lowest BCUT2D eigenvalue weighted by Gasteiger charge is -2.14.